The summed E-state index contributed by atoms with van der Waals surface area (Å²) in [6, 6.07) is 47.4. The van der Waals surface area contributed by atoms with Crippen LogP contribution in [0.25, 0.3) is 67.2 Å². The van der Waals surface area contributed by atoms with Gasteiger partial charge in [-0.1, -0.05) is 123 Å². The fourth-order valence-corrected chi connectivity index (χ4v) is 6.68. The molecule has 1 aliphatic rings. The summed E-state index contributed by atoms with van der Waals surface area (Å²) in [7, 11) is 0. The molecule has 0 atom stereocenters. The number of hydrogen-bond acceptors (Lipinski definition) is 5. The Morgan fingerprint density at radius 2 is 1.06 bits per heavy atom. The van der Waals surface area contributed by atoms with Crippen LogP contribution in [0.5, 0.6) is 11.5 Å². The lowest BCUT2D eigenvalue weighted by molar-refractivity contribution is 0.415. The minimum Gasteiger partial charge on any atom is -0.453 e. The van der Waals surface area contributed by atoms with Gasteiger partial charge < -0.3 is 9.15 Å². The maximum absolute atomic E-state index is 6.63. The van der Waals surface area contributed by atoms with E-state index in [1.165, 1.54) is 0 Å². The average molecular weight is 608 g/mol. The number of para-hydroxylation sites is 1. The SMILES string of the molecule is CC1(C)c2cc(-c3cccc(-c4nc(-c5ccccc5)nc(-c5ccccc5)n4)c3)ccc2Oc2c1ccc1c2oc2ccccc21. The molecule has 47 heavy (non-hydrogen) atoms. The number of hydrogen-bond donors (Lipinski definition) is 0. The third kappa shape index (κ3) is 4.50. The Morgan fingerprint density at radius 3 is 1.79 bits per heavy atom. The van der Waals surface area contributed by atoms with E-state index < -0.39 is 0 Å². The van der Waals surface area contributed by atoms with Crippen molar-refractivity contribution in [3.8, 4) is 56.8 Å². The monoisotopic (exact) mass is 607 g/mol. The van der Waals surface area contributed by atoms with E-state index in [0.29, 0.717) is 17.5 Å². The van der Waals surface area contributed by atoms with Crippen molar-refractivity contribution in [3.63, 3.8) is 0 Å². The Labute approximate surface area is 272 Å². The highest BCUT2D eigenvalue weighted by Gasteiger charge is 2.36. The molecule has 0 saturated heterocycles. The van der Waals surface area contributed by atoms with Gasteiger partial charge in [0.25, 0.3) is 0 Å². The van der Waals surface area contributed by atoms with Crippen LogP contribution in [0.3, 0.4) is 0 Å². The Morgan fingerprint density at radius 1 is 0.468 bits per heavy atom. The number of furan rings is 1. The maximum atomic E-state index is 6.63. The first kappa shape index (κ1) is 27.3. The van der Waals surface area contributed by atoms with Gasteiger partial charge in [0.1, 0.15) is 11.3 Å². The number of aromatic nitrogens is 3. The van der Waals surface area contributed by atoms with Crippen LogP contribution in [0.1, 0.15) is 25.0 Å². The van der Waals surface area contributed by atoms with Gasteiger partial charge in [-0.15, -0.1) is 0 Å². The van der Waals surface area contributed by atoms with E-state index in [-0.39, 0.29) is 5.41 Å². The fourth-order valence-electron chi connectivity index (χ4n) is 6.68. The van der Waals surface area contributed by atoms with Gasteiger partial charge in [-0.05, 0) is 41.5 Å². The zero-order valence-corrected chi connectivity index (χ0v) is 25.9. The second-order valence-corrected chi connectivity index (χ2v) is 12.5. The highest BCUT2D eigenvalue weighted by atomic mass is 16.5. The molecule has 224 valence electrons. The molecule has 5 heteroatoms. The van der Waals surface area contributed by atoms with Gasteiger partial charge in [0.15, 0.2) is 28.8 Å². The molecule has 8 aromatic rings. The first-order valence-electron chi connectivity index (χ1n) is 15.8. The van der Waals surface area contributed by atoms with E-state index in [1.54, 1.807) is 0 Å². The topological polar surface area (TPSA) is 61.0 Å². The third-order valence-corrected chi connectivity index (χ3v) is 9.19. The summed E-state index contributed by atoms with van der Waals surface area (Å²) in [6.07, 6.45) is 0. The molecule has 5 nitrogen and oxygen atoms in total. The largest absolute Gasteiger partial charge is 0.453 e. The zero-order chi connectivity index (χ0) is 31.5. The van der Waals surface area contributed by atoms with Crippen molar-refractivity contribution in [2.75, 3.05) is 0 Å². The highest BCUT2D eigenvalue weighted by molar-refractivity contribution is 6.07. The van der Waals surface area contributed by atoms with Crippen molar-refractivity contribution in [2.24, 2.45) is 0 Å². The molecule has 6 aromatic carbocycles. The lowest BCUT2D eigenvalue weighted by Crippen LogP contribution is -2.24. The second-order valence-electron chi connectivity index (χ2n) is 12.5. The Kier molecular flexibility index (Phi) is 6.09. The molecule has 1 aliphatic heterocycles. The molecular weight excluding hydrogens is 578 g/mol. The molecule has 9 rings (SSSR count). The van der Waals surface area contributed by atoms with Gasteiger partial charge in [-0.3, -0.25) is 0 Å². The van der Waals surface area contributed by atoms with E-state index >= 15 is 0 Å². The Hall–Kier alpha value is -6.07. The lowest BCUT2D eigenvalue weighted by Gasteiger charge is -2.34. The van der Waals surface area contributed by atoms with Crippen LogP contribution < -0.4 is 4.74 Å². The molecular formula is C42H29N3O2. The van der Waals surface area contributed by atoms with Crippen molar-refractivity contribution in [1.82, 2.24) is 15.0 Å². The molecule has 3 heterocycles. The molecule has 0 amide bonds. The standard InChI is InChI=1S/C42H29N3O2/c1-42(2)33-22-21-32-31-18-9-10-19-35(31)46-37(32)38(33)47-36-23-20-29(25-34(36)42)28-16-11-17-30(24-28)41-44-39(26-12-5-3-6-13-26)43-40(45-41)27-14-7-4-8-15-27/h3-25H,1-2H3. The van der Waals surface area contributed by atoms with Gasteiger partial charge in [0.2, 0.25) is 0 Å². The van der Waals surface area contributed by atoms with Crippen molar-refractivity contribution in [3.05, 3.63) is 151 Å². The van der Waals surface area contributed by atoms with Crippen LogP contribution in [0.15, 0.2) is 144 Å². The highest BCUT2D eigenvalue weighted by Crippen LogP contribution is 2.52. The minimum absolute atomic E-state index is 0.312. The zero-order valence-electron chi connectivity index (χ0n) is 25.9. The molecule has 0 radical (unpaired) electrons. The summed E-state index contributed by atoms with van der Waals surface area (Å²) in [5, 5.41) is 2.16. The molecule has 0 saturated carbocycles. The number of benzene rings is 6. The van der Waals surface area contributed by atoms with E-state index in [4.69, 9.17) is 24.1 Å². The first-order chi connectivity index (χ1) is 23.0. The van der Waals surface area contributed by atoms with Crippen LogP contribution in [-0.2, 0) is 5.41 Å². The maximum Gasteiger partial charge on any atom is 0.178 e. The molecule has 0 aliphatic carbocycles. The van der Waals surface area contributed by atoms with Crippen molar-refractivity contribution < 1.29 is 9.15 Å². The molecule has 0 unspecified atom stereocenters. The van der Waals surface area contributed by atoms with E-state index in [9.17, 15) is 0 Å². The van der Waals surface area contributed by atoms with Crippen molar-refractivity contribution in [2.45, 2.75) is 19.3 Å². The average Bonchev–Trinajstić information content (AvgIpc) is 3.52. The summed E-state index contributed by atoms with van der Waals surface area (Å²) in [5.74, 6) is 3.55. The predicted octanol–water partition coefficient (Wildman–Crippen LogP) is 10.9. The number of rotatable bonds is 4. The van der Waals surface area contributed by atoms with Crippen LogP contribution >= 0.6 is 0 Å². The normalized spacial score (nSPS) is 13.2. The van der Waals surface area contributed by atoms with Gasteiger partial charge in [-0.2, -0.15) is 0 Å². The first-order valence-corrected chi connectivity index (χ1v) is 15.8. The number of ether oxygens (including phenoxy) is 1. The van der Waals surface area contributed by atoms with Crippen LogP contribution in [0.2, 0.25) is 0 Å². The fraction of sp³-hybridized carbons (Fsp3) is 0.0714. The van der Waals surface area contributed by atoms with Gasteiger partial charge in [0.05, 0.1) is 0 Å². The quantitative estimate of drug-likeness (QED) is 0.199. The molecule has 0 bridgehead atoms. The van der Waals surface area contributed by atoms with Crippen LogP contribution in [0.4, 0.5) is 0 Å². The molecule has 2 aromatic heterocycles. The van der Waals surface area contributed by atoms with E-state index in [0.717, 1.165) is 72.4 Å². The summed E-state index contributed by atoms with van der Waals surface area (Å²) in [5.41, 5.74) is 8.56. The van der Waals surface area contributed by atoms with Gasteiger partial charge in [0, 0.05) is 44.0 Å². The number of nitrogens with zero attached hydrogens (tertiary/aromatic N) is 3. The Bertz CT molecular complexity index is 2410. The van der Waals surface area contributed by atoms with Gasteiger partial charge >= 0.3 is 0 Å². The van der Waals surface area contributed by atoms with E-state index in [2.05, 4.69) is 74.5 Å². The molecule has 0 N–H and O–H groups in total. The van der Waals surface area contributed by atoms with Crippen LogP contribution in [0, 0.1) is 0 Å². The smallest absolute Gasteiger partial charge is 0.178 e. The minimum atomic E-state index is -0.312. The number of fused-ring (bicyclic) bond motifs is 6. The third-order valence-electron chi connectivity index (χ3n) is 9.19. The van der Waals surface area contributed by atoms with Crippen LogP contribution in [-0.4, -0.2) is 15.0 Å². The van der Waals surface area contributed by atoms with Crippen molar-refractivity contribution in [1.29, 1.82) is 0 Å². The summed E-state index contributed by atoms with van der Waals surface area (Å²) >= 11 is 0. The molecule has 0 fully saturated rings. The Balaban J connectivity index is 1.13. The van der Waals surface area contributed by atoms with Gasteiger partial charge in [-0.25, -0.2) is 15.0 Å². The molecule has 0 spiro atoms. The summed E-state index contributed by atoms with van der Waals surface area (Å²) < 4.78 is 13.0. The van der Waals surface area contributed by atoms with E-state index in [1.807, 2.05) is 78.9 Å². The summed E-state index contributed by atoms with van der Waals surface area (Å²) in [4.78, 5) is 14.7. The predicted molar refractivity (Wildman–Crippen MR) is 187 cm³/mol. The van der Waals surface area contributed by atoms with Crippen molar-refractivity contribution >= 4 is 21.9 Å². The second kappa shape index (κ2) is 10.5. The lowest BCUT2D eigenvalue weighted by atomic mass is 9.75. The summed E-state index contributed by atoms with van der Waals surface area (Å²) in [6.45, 7) is 4.51.